The number of hydrogen-bond donors (Lipinski definition) is 1. The van der Waals surface area contributed by atoms with Crippen molar-refractivity contribution in [2.24, 2.45) is 5.73 Å². The van der Waals surface area contributed by atoms with E-state index in [2.05, 4.69) is 4.98 Å². The van der Waals surface area contributed by atoms with Gasteiger partial charge in [-0.2, -0.15) is 4.31 Å². The molecule has 0 bridgehead atoms. The molecule has 1 aromatic rings. The molecule has 0 aromatic carbocycles. The molecule has 0 fully saturated rings. The van der Waals surface area contributed by atoms with Crippen LogP contribution in [0.25, 0.3) is 0 Å². The van der Waals surface area contributed by atoms with Crippen LogP contribution in [0.4, 0.5) is 0 Å². The molecule has 1 aromatic heterocycles. The van der Waals surface area contributed by atoms with Gasteiger partial charge in [0.1, 0.15) is 4.90 Å². The highest BCUT2D eigenvalue weighted by Gasteiger charge is 2.28. The molecule has 1 heterocycles. The number of nitrogens with two attached hydrogens (primary N) is 1. The van der Waals surface area contributed by atoms with E-state index < -0.39 is 10.0 Å². The summed E-state index contributed by atoms with van der Waals surface area (Å²) in [6.45, 7) is 4.81. The Morgan fingerprint density at radius 1 is 1.45 bits per heavy atom. The lowest BCUT2D eigenvalue weighted by atomic mass is 10.3. The number of hydrogen-bond acceptors (Lipinski definition) is 5. The molecule has 7 heteroatoms. The van der Waals surface area contributed by atoms with Crippen molar-refractivity contribution < 1.29 is 13.2 Å². The van der Waals surface area contributed by atoms with Crippen molar-refractivity contribution in [3.05, 3.63) is 24.0 Å². The number of aromatic nitrogens is 1. The van der Waals surface area contributed by atoms with Crippen molar-refractivity contribution in [1.82, 2.24) is 9.29 Å². The van der Waals surface area contributed by atoms with Gasteiger partial charge in [-0.1, -0.05) is 6.92 Å². The first-order valence-electron chi connectivity index (χ1n) is 6.63. The lowest BCUT2D eigenvalue weighted by molar-refractivity contribution is 0.167. The molecule has 1 atom stereocenters. The van der Waals surface area contributed by atoms with E-state index in [0.29, 0.717) is 25.4 Å². The second-order valence-corrected chi connectivity index (χ2v) is 6.45. The fourth-order valence-electron chi connectivity index (χ4n) is 1.78. The summed E-state index contributed by atoms with van der Waals surface area (Å²) in [6, 6.07) is 3.09. The summed E-state index contributed by atoms with van der Waals surface area (Å²) >= 11 is 0. The molecule has 2 N–H and O–H groups in total. The number of sulfonamides is 1. The van der Waals surface area contributed by atoms with Crippen LogP contribution >= 0.6 is 0 Å². The van der Waals surface area contributed by atoms with Gasteiger partial charge in [0.05, 0.1) is 12.3 Å². The summed E-state index contributed by atoms with van der Waals surface area (Å²) in [4.78, 5) is 4.24. The van der Waals surface area contributed by atoms with E-state index in [4.69, 9.17) is 10.5 Å². The second kappa shape index (κ2) is 7.68. The third kappa shape index (κ3) is 3.99. The fraction of sp³-hybridized carbons (Fsp3) is 0.615. The summed E-state index contributed by atoms with van der Waals surface area (Å²) in [7, 11) is -2.01. The molecular weight excluding hydrogens is 278 g/mol. The van der Waals surface area contributed by atoms with E-state index in [0.717, 1.165) is 6.42 Å². The molecule has 6 nitrogen and oxygen atoms in total. The topological polar surface area (TPSA) is 85.5 Å². The van der Waals surface area contributed by atoms with Gasteiger partial charge in [-0.05, 0) is 25.5 Å². The maximum Gasteiger partial charge on any atom is 0.244 e. The molecule has 114 valence electrons. The predicted molar refractivity (Wildman–Crippen MR) is 77.6 cm³/mol. The van der Waals surface area contributed by atoms with Gasteiger partial charge in [0, 0.05) is 32.4 Å². The normalized spacial score (nSPS) is 13.7. The van der Waals surface area contributed by atoms with Gasteiger partial charge in [-0.3, -0.25) is 4.98 Å². The number of rotatable bonds is 8. The smallest absolute Gasteiger partial charge is 0.244 e. The van der Waals surface area contributed by atoms with Gasteiger partial charge in [-0.25, -0.2) is 8.42 Å². The molecular formula is C13H23N3O3S. The van der Waals surface area contributed by atoms with Crippen LogP contribution in [0.3, 0.4) is 0 Å². The molecule has 0 spiro atoms. The zero-order valence-electron chi connectivity index (χ0n) is 12.2. The molecule has 0 saturated carbocycles. The number of pyridine rings is 1. The summed E-state index contributed by atoms with van der Waals surface area (Å²) in [6.07, 6.45) is 2.09. The Bertz CT molecular complexity index is 502. The number of nitrogens with zero attached hydrogens (tertiary/aromatic N) is 2. The van der Waals surface area contributed by atoms with Crippen LogP contribution in [0.1, 0.15) is 26.0 Å². The maximum absolute atomic E-state index is 12.6. The summed E-state index contributed by atoms with van der Waals surface area (Å²) in [5, 5.41) is 0. The van der Waals surface area contributed by atoms with Crippen LogP contribution in [0.2, 0.25) is 0 Å². The van der Waals surface area contributed by atoms with Crippen molar-refractivity contribution >= 4 is 10.0 Å². The lowest BCUT2D eigenvalue weighted by Crippen LogP contribution is -2.40. The van der Waals surface area contributed by atoms with E-state index in [-0.39, 0.29) is 10.9 Å². The maximum atomic E-state index is 12.6. The van der Waals surface area contributed by atoms with Crippen LogP contribution < -0.4 is 5.73 Å². The minimum atomic E-state index is -3.56. The van der Waals surface area contributed by atoms with Gasteiger partial charge in [0.2, 0.25) is 10.0 Å². The summed E-state index contributed by atoms with van der Waals surface area (Å²) < 4.78 is 31.7. The Morgan fingerprint density at radius 3 is 2.60 bits per heavy atom. The van der Waals surface area contributed by atoms with Gasteiger partial charge in [0.15, 0.2) is 0 Å². The van der Waals surface area contributed by atoms with Crippen LogP contribution in [0.15, 0.2) is 23.2 Å². The molecule has 20 heavy (non-hydrogen) atoms. The third-order valence-electron chi connectivity index (χ3n) is 3.21. The molecule has 0 aliphatic rings. The molecule has 0 aliphatic heterocycles. The summed E-state index contributed by atoms with van der Waals surface area (Å²) in [5.74, 6) is 0. The van der Waals surface area contributed by atoms with Crippen LogP contribution in [-0.4, -0.2) is 44.0 Å². The SMILES string of the molecule is CCC(C)N(CCOC)S(=O)(=O)c1ccc(CN)nc1. The molecule has 1 unspecified atom stereocenters. The standard InChI is InChI=1S/C13H23N3O3S/c1-4-11(2)16(7-8-19-3)20(17,18)13-6-5-12(9-14)15-10-13/h5-6,10-11H,4,7-9,14H2,1-3H3. The minimum absolute atomic E-state index is 0.0932. The Hall–Kier alpha value is -1.02. The zero-order valence-corrected chi connectivity index (χ0v) is 13.1. The number of methoxy groups -OCH3 is 1. The molecule has 1 rings (SSSR count). The Labute approximate surface area is 121 Å². The van der Waals surface area contributed by atoms with Crippen molar-refractivity contribution in [2.75, 3.05) is 20.3 Å². The van der Waals surface area contributed by atoms with Crippen molar-refractivity contribution in [3.8, 4) is 0 Å². The van der Waals surface area contributed by atoms with Crippen LogP contribution in [0, 0.1) is 0 Å². The first kappa shape index (κ1) is 17.0. The minimum Gasteiger partial charge on any atom is -0.383 e. The first-order chi connectivity index (χ1) is 9.47. The molecule has 0 aliphatic carbocycles. The third-order valence-corrected chi connectivity index (χ3v) is 5.21. The van der Waals surface area contributed by atoms with Crippen molar-refractivity contribution in [3.63, 3.8) is 0 Å². The van der Waals surface area contributed by atoms with Gasteiger partial charge >= 0.3 is 0 Å². The highest BCUT2D eigenvalue weighted by Crippen LogP contribution is 2.19. The lowest BCUT2D eigenvalue weighted by Gasteiger charge is -2.27. The molecule has 0 amide bonds. The predicted octanol–water partition coefficient (Wildman–Crippen LogP) is 0.976. The van der Waals surface area contributed by atoms with E-state index >= 15 is 0 Å². The first-order valence-corrected chi connectivity index (χ1v) is 8.07. The highest BCUT2D eigenvalue weighted by atomic mass is 32.2. The average Bonchev–Trinajstić information content (AvgIpc) is 2.47. The Morgan fingerprint density at radius 2 is 2.15 bits per heavy atom. The molecule has 0 radical (unpaired) electrons. The quantitative estimate of drug-likeness (QED) is 0.773. The zero-order chi connectivity index (χ0) is 15.2. The molecule has 0 saturated heterocycles. The largest absolute Gasteiger partial charge is 0.383 e. The van der Waals surface area contributed by atoms with Crippen LogP contribution in [0.5, 0.6) is 0 Å². The number of ether oxygens (including phenoxy) is 1. The van der Waals surface area contributed by atoms with Crippen molar-refractivity contribution in [2.45, 2.75) is 37.8 Å². The summed E-state index contributed by atoms with van der Waals surface area (Å²) in [5.41, 5.74) is 6.13. The monoisotopic (exact) mass is 301 g/mol. The van der Waals surface area contributed by atoms with E-state index in [1.54, 1.807) is 19.2 Å². The highest BCUT2D eigenvalue weighted by molar-refractivity contribution is 7.89. The van der Waals surface area contributed by atoms with Gasteiger partial charge in [-0.15, -0.1) is 0 Å². The Kier molecular flexibility index (Phi) is 6.54. The van der Waals surface area contributed by atoms with Crippen LogP contribution in [-0.2, 0) is 21.3 Å². The van der Waals surface area contributed by atoms with Crippen molar-refractivity contribution in [1.29, 1.82) is 0 Å². The van der Waals surface area contributed by atoms with E-state index in [1.165, 1.54) is 10.5 Å². The van der Waals surface area contributed by atoms with Gasteiger partial charge < -0.3 is 10.5 Å². The van der Waals surface area contributed by atoms with E-state index in [9.17, 15) is 8.42 Å². The average molecular weight is 301 g/mol. The van der Waals surface area contributed by atoms with E-state index in [1.807, 2.05) is 13.8 Å². The second-order valence-electron chi connectivity index (χ2n) is 4.56. The Balaban J connectivity index is 3.07. The fourth-order valence-corrected chi connectivity index (χ4v) is 3.42. The van der Waals surface area contributed by atoms with Gasteiger partial charge in [0.25, 0.3) is 0 Å².